The van der Waals surface area contributed by atoms with Crippen molar-refractivity contribution >= 4 is 0 Å². The van der Waals surface area contributed by atoms with Crippen LogP contribution in [0.5, 0.6) is 0 Å². The number of hydrogen-bond acceptors (Lipinski definition) is 3. The van der Waals surface area contributed by atoms with Crippen molar-refractivity contribution in [3.8, 4) is 0 Å². The lowest BCUT2D eigenvalue weighted by Gasteiger charge is -2.26. The third-order valence-electron chi connectivity index (χ3n) is 3.10. The van der Waals surface area contributed by atoms with E-state index < -0.39 is 0 Å². The Morgan fingerprint density at radius 1 is 1.38 bits per heavy atom. The molecule has 3 nitrogen and oxygen atoms in total. The van der Waals surface area contributed by atoms with Gasteiger partial charge in [-0.1, -0.05) is 0 Å². The molecule has 1 N–H and O–H groups in total. The van der Waals surface area contributed by atoms with Gasteiger partial charge in [0.1, 0.15) is 5.82 Å². The van der Waals surface area contributed by atoms with Gasteiger partial charge in [0.25, 0.3) is 0 Å². The number of halogens is 1. The average molecular weight is 223 g/mol. The van der Waals surface area contributed by atoms with Crippen molar-refractivity contribution < 1.29 is 4.39 Å². The Kier molecular flexibility index (Phi) is 3.85. The predicted octanol–water partition coefficient (Wildman–Crippen LogP) is 1.58. The minimum absolute atomic E-state index is 0.264. The van der Waals surface area contributed by atoms with E-state index in [-0.39, 0.29) is 11.9 Å². The topological polar surface area (TPSA) is 28.2 Å². The zero-order valence-corrected chi connectivity index (χ0v) is 9.62. The maximum Gasteiger partial charge on any atom is 0.141 e. The monoisotopic (exact) mass is 223 g/mol. The largest absolute Gasteiger partial charge is 0.315 e. The first-order chi connectivity index (χ1) is 7.77. The SMILES string of the molecule is CC(c1ccc(F)cn1)N1CCCNCC1. The molecule has 2 rings (SSSR count). The summed E-state index contributed by atoms with van der Waals surface area (Å²) in [6, 6.07) is 3.52. The molecule has 4 heteroatoms. The summed E-state index contributed by atoms with van der Waals surface area (Å²) in [5.41, 5.74) is 0.948. The van der Waals surface area contributed by atoms with Gasteiger partial charge < -0.3 is 5.32 Å². The Hall–Kier alpha value is -1.00. The molecule has 0 saturated carbocycles. The van der Waals surface area contributed by atoms with Crippen molar-refractivity contribution in [2.24, 2.45) is 0 Å². The first-order valence-electron chi connectivity index (χ1n) is 5.83. The summed E-state index contributed by atoms with van der Waals surface area (Å²) in [6.45, 7) is 6.34. The van der Waals surface area contributed by atoms with Crippen LogP contribution in [-0.2, 0) is 0 Å². The molecule has 2 heterocycles. The summed E-state index contributed by atoms with van der Waals surface area (Å²) < 4.78 is 12.8. The van der Waals surface area contributed by atoms with Crippen LogP contribution < -0.4 is 5.32 Å². The Morgan fingerprint density at radius 2 is 2.25 bits per heavy atom. The molecule has 1 unspecified atom stereocenters. The van der Waals surface area contributed by atoms with Crippen LogP contribution in [-0.4, -0.2) is 36.1 Å². The highest BCUT2D eigenvalue weighted by atomic mass is 19.1. The smallest absolute Gasteiger partial charge is 0.141 e. The fourth-order valence-corrected chi connectivity index (χ4v) is 2.08. The van der Waals surface area contributed by atoms with Crippen LogP contribution in [0.4, 0.5) is 4.39 Å². The quantitative estimate of drug-likeness (QED) is 0.825. The van der Waals surface area contributed by atoms with Crippen LogP contribution in [0.1, 0.15) is 25.1 Å². The number of nitrogens with zero attached hydrogens (tertiary/aromatic N) is 2. The minimum Gasteiger partial charge on any atom is -0.315 e. The molecular weight excluding hydrogens is 205 g/mol. The first-order valence-corrected chi connectivity index (χ1v) is 5.83. The molecule has 0 amide bonds. The summed E-state index contributed by atoms with van der Waals surface area (Å²) in [5.74, 6) is -0.270. The summed E-state index contributed by atoms with van der Waals surface area (Å²) in [6.07, 6.45) is 2.45. The molecule has 0 radical (unpaired) electrons. The molecule has 0 aliphatic carbocycles. The van der Waals surface area contributed by atoms with Crippen LogP contribution in [0.25, 0.3) is 0 Å². The molecule has 1 saturated heterocycles. The van der Waals surface area contributed by atoms with E-state index in [1.165, 1.54) is 12.3 Å². The first kappa shape index (κ1) is 11.5. The van der Waals surface area contributed by atoms with Gasteiger partial charge >= 0.3 is 0 Å². The van der Waals surface area contributed by atoms with E-state index in [4.69, 9.17) is 0 Å². The highest BCUT2D eigenvalue weighted by molar-refractivity contribution is 5.09. The van der Waals surface area contributed by atoms with Gasteiger partial charge in [0, 0.05) is 25.7 Å². The second-order valence-electron chi connectivity index (χ2n) is 4.22. The maximum absolute atomic E-state index is 12.8. The predicted molar refractivity (Wildman–Crippen MR) is 61.7 cm³/mol. The third kappa shape index (κ3) is 2.77. The molecule has 1 aromatic rings. The Labute approximate surface area is 95.7 Å². The second kappa shape index (κ2) is 5.37. The van der Waals surface area contributed by atoms with E-state index in [2.05, 4.69) is 22.1 Å². The molecule has 1 aliphatic rings. The summed E-state index contributed by atoms with van der Waals surface area (Å²) >= 11 is 0. The minimum atomic E-state index is -0.270. The molecule has 1 aliphatic heterocycles. The van der Waals surface area contributed by atoms with Gasteiger partial charge in [0.05, 0.1) is 11.9 Å². The molecule has 1 fully saturated rings. The average Bonchev–Trinajstić information content (AvgIpc) is 2.57. The number of nitrogens with one attached hydrogen (secondary N) is 1. The molecular formula is C12H18FN3. The third-order valence-corrected chi connectivity index (χ3v) is 3.10. The van der Waals surface area contributed by atoms with Crippen LogP contribution in [0, 0.1) is 5.82 Å². The Balaban J connectivity index is 2.04. The molecule has 1 atom stereocenters. The van der Waals surface area contributed by atoms with Crippen molar-refractivity contribution in [3.05, 3.63) is 29.8 Å². The van der Waals surface area contributed by atoms with Gasteiger partial charge in [-0.25, -0.2) is 4.39 Å². The van der Waals surface area contributed by atoms with Crippen molar-refractivity contribution in [2.75, 3.05) is 26.2 Å². The van der Waals surface area contributed by atoms with Gasteiger partial charge in [-0.2, -0.15) is 0 Å². The second-order valence-corrected chi connectivity index (χ2v) is 4.22. The standard InChI is InChI=1S/C12H18FN3/c1-10(12-4-3-11(13)9-15-12)16-7-2-5-14-6-8-16/h3-4,9-10,14H,2,5-8H2,1H3. The zero-order chi connectivity index (χ0) is 11.4. The Bertz CT molecular complexity index is 318. The van der Waals surface area contributed by atoms with Gasteiger partial charge in [-0.15, -0.1) is 0 Å². The lowest BCUT2D eigenvalue weighted by molar-refractivity contribution is 0.221. The summed E-state index contributed by atoms with van der Waals surface area (Å²) in [7, 11) is 0. The number of rotatable bonds is 2. The Morgan fingerprint density at radius 3 is 3.00 bits per heavy atom. The molecule has 0 spiro atoms. The van der Waals surface area contributed by atoms with E-state index in [9.17, 15) is 4.39 Å². The normalized spacial score (nSPS) is 20.4. The molecule has 88 valence electrons. The highest BCUT2D eigenvalue weighted by Gasteiger charge is 2.17. The van der Waals surface area contributed by atoms with E-state index in [1.54, 1.807) is 6.07 Å². The number of aromatic nitrogens is 1. The van der Waals surface area contributed by atoms with Crippen molar-refractivity contribution in [2.45, 2.75) is 19.4 Å². The van der Waals surface area contributed by atoms with Crippen molar-refractivity contribution in [1.29, 1.82) is 0 Å². The van der Waals surface area contributed by atoms with E-state index >= 15 is 0 Å². The van der Waals surface area contributed by atoms with E-state index in [0.29, 0.717) is 0 Å². The van der Waals surface area contributed by atoms with Crippen LogP contribution >= 0.6 is 0 Å². The van der Waals surface area contributed by atoms with Gasteiger partial charge in [0.15, 0.2) is 0 Å². The fraction of sp³-hybridized carbons (Fsp3) is 0.583. The lowest BCUT2D eigenvalue weighted by Crippen LogP contribution is -2.31. The van der Waals surface area contributed by atoms with Crippen LogP contribution in [0.2, 0.25) is 0 Å². The van der Waals surface area contributed by atoms with Crippen LogP contribution in [0.3, 0.4) is 0 Å². The van der Waals surface area contributed by atoms with Crippen LogP contribution in [0.15, 0.2) is 18.3 Å². The molecule has 0 aromatic carbocycles. The molecule has 16 heavy (non-hydrogen) atoms. The summed E-state index contributed by atoms with van der Waals surface area (Å²) in [4.78, 5) is 6.54. The van der Waals surface area contributed by atoms with Gasteiger partial charge in [0.2, 0.25) is 0 Å². The van der Waals surface area contributed by atoms with Crippen molar-refractivity contribution in [1.82, 2.24) is 15.2 Å². The lowest BCUT2D eigenvalue weighted by atomic mass is 10.1. The highest BCUT2D eigenvalue weighted by Crippen LogP contribution is 2.18. The molecule has 0 bridgehead atoms. The number of pyridine rings is 1. The zero-order valence-electron chi connectivity index (χ0n) is 9.62. The van der Waals surface area contributed by atoms with Gasteiger partial charge in [-0.05, 0) is 32.0 Å². The maximum atomic E-state index is 12.8. The van der Waals surface area contributed by atoms with Gasteiger partial charge in [-0.3, -0.25) is 9.88 Å². The van der Waals surface area contributed by atoms with E-state index in [1.807, 2.05) is 0 Å². The number of hydrogen-bond donors (Lipinski definition) is 1. The summed E-state index contributed by atoms with van der Waals surface area (Å²) in [5, 5.41) is 3.37. The fourth-order valence-electron chi connectivity index (χ4n) is 2.08. The van der Waals surface area contributed by atoms with Crippen molar-refractivity contribution in [3.63, 3.8) is 0 Å². The molecule has 1 aromatic heterocycles. The van der Waals surface area contributed by atoms with E-state index in [0.717, 1.165) is 38.3 Å².